The molecule has 0 bridgehead atoms. The number of nitrogens with zero attached hydrogens (tertiary/aromatic N) is 2. The number of alkyl carbamates (subject to hydrolysis) is 1. The summed E-state index contributed by atoms with van der Waals surface area (Å²) in [5.41, 5.74) is -0.317. The molecule has 0 unspecified atom stereocenters. The molecule has 9 nitrogen and oxygen atoms in total. The number of rotatable bonds is 8. The number of carbonyl (C=O) groups excluding carboxylic acids is 2. The lowest BCUT2D eigenvalue weighted by Crippen LogP contribution is -2.49. The van der Waals surface area contributed by atoms with E-state index in [-0.39, 0.29) is 12.3 Å². The Morgan fingerprint density at radius 3 is 2.43 bits per heavy atom. The van der Waals surface area contributed by atoms with Crippen LogP contribution in [-0.4, -0.2) is 53.7 Å². The van der Waals surface area contributed by atoms with E-state index in [1.54, 1.807) is 6.07 Å². The summed E-state index contributed by atoms with van der Waals surface area (Å²) in [6.45, 7) is 14.4. The molecule has 30 heavy (non-hydrogen) atoms. The number of aromatic nitrogens is 1. The van der Waals surface area contributed by atoms with Crippen molar-refractivity contribution in [3.05, 3.63) is 23.9 Å². The molecule has 1 aromatic heterocycles. The van der Waals surface area contributed by atoms with Gasteiger partial charge in [0.15, 0.2) is 5.96 Å². The highest BCUT2D eigenvalue weighted by molar-refractivity contribution is 5.90. The lowest BCUT2D eigenvalue weighted by Gasteiger charge is -2.27. The second-order valence-electron chi connectivity index (χ2n) is 8.60. The number of aliphatic imine (C=N–C) groups is 1. The number of pyridine rings is 1. The van der Waals surface area contributed by atoms with E-state index >= 15 is 0 Å². The minimum absolute atomic E-state index is 0.136. The molecule has 4 N–H and O–H groups in total. The van der Waals surface area contributed by atoms with E-state index in [1.807, 2.05) is 60.6 Å². The van der Waals surface area contributed by atoms with Gasteiger partial charge in [-0.3, -0.25) is 9.79 Å². The average molecular weight is 421 g/mol. The van der Waals surface area contributed by atoms with Gasteiger partial charge in [-0.25, -0.2) is 9.78 Å². The fraction of sp³-hybridized carbons (Fsp3) is 0.619. The topological polar surface area (TPSA) is 117 Å². The quantitative estimate of drug-likeness (QED) is 0.379. The lowest BCUT2D eigenvalue weighted by molar-refractivity contribution is -0.116. The first-order valence-corrected chi connectivity index (χ1v) is 10.2. The third-order valence-electron chi connectivity index (χ3n) is 3.62. The van der Waals surface area contributed by atoms with Crippen molar-refractivity contribution in [3.63, 3.8) is 0 Å². The molecule has 0 aliphatic rings. The molecule has 2 amide bonds. The summed E-state index contributed by atoms with van der Waals surface area (Å²) in [6, 6.07) is 5.47. The van der Waals surface area contributed by atoms with Crippen molar-refractivity contribution in [3.8, 4) is 0 Å². The monoisotopic (exact) mass is 420 g/mol. The van der Waals surface area contributed by atoms with Crippen molar-refractivity contribution in [1.29, 1.82) is 0 Å². The van der Waals surface area contributed by atoms with Crippen molar-refractivity contribution >= 4 is 23.8 Å². The third kappa shape index (κ3) is 11.2. The van der Waals surface area contributed by atoms with Crippen molar-refractivity contribution in [1.82, 2.24) is 20.9 Å². The number of anilines is 1. The smallest absolute Gasteiger partial charge is 0.408 e. The molecule has 0 saturated heterocycles. The normalized spacial score (nSPS) is 12.2. The van der Waals surface area contributed by atoms with E-state index < -0.39 is 17.2 Å². The zero-order valence-corrected chi connectivity index (χ0v) is 19.2. The summed E-state index contributed by atoms with van der Waals surface area (Å²) in [7, 11) is 0. The van der Waals surface area contributed by atoms with Gasteiger partial charge in [-0.15, -0.1) is 0 Å². The van der Waals surface area contributed by atoms with E-state index in [0.717, 1.165) is 5.69 Å². The van der Waals surface area contributed by atoms with Gasteiger partial charge in [0.1, 0.15) is 11.4 Å². The molecule has 0 fully saturated rings. The zero-order valence-electron chi connectivity index (χ0n) is 19.2. The van der Waals surface area contributed by atoms with Gasteiger partial charge in [-0.2, -0.15) is 0 Å². The minimum Gasteiger partial charge on any atom is -0.444 e. The third-order valence-corrected chi connectivity index (χ3v) is 3.62. The van der Waals surface area contributed by atoms with Crippen LogP contribution in [0, 0.1) is 6.92 Å². The van der Waals surface area contributed by atoms with E-state index in [0.29, 0.717) is 31.4 Å². The molecule has 0 aromatic carbocycles. The molecule has 1 aromatic rings. The first-order valence-electron chi connectivity index (χ1n) is 10.2. The first kappa shape index (κ1) is 25.2. The van der Waals surface area contributed by atoms with Gasteiger partial charge in [0.2, 0.25) is 5.91 Å². The largest absolute Gasteiger partial charge is 0.444 e. The van der Waals surface area contributed by atoms with Crippen molar-refractivity contribution in [2.45, 2.75) is 66.0 Å². The van der Waals surface area contributed by atoms with Crippen LogP contribution >= 0.6 is 0 Å². The van der Waals surface area contributed by atoms with E-state index in [1.165, 1.54) is 0 Å². The summed E-state index contributed by atoms with van der Waals surface area (Å²) in [5.74, 6) is 0.969. The maximum atomic E-state index is 12.1. The van der Waals surface area contributed by atoms with E-state index in [4.69, 9.17) is 4.74 Å². The minimum atomic E-state index is -0.598. The molecule has 1 rings (SSSR count). The molecule has 0 saturated carbocycles. The predicted molar refractivity (Wildman–Crippen MR) is 120 cm³/mol. The highest BCUT2D eigenvalue weighted by Gasteiger charge is 2.24. The molecule has 1 heterocycles. The Morgan fingerprint density at radius 2 is 1.83 bits per heavy atom. The highest BCUT2D eigenvalue weighted by atomic mass is 16.6. The molecule has 168 valence electrons. The Kier molecular flexibility index (Phi) is 9.55. The number of carbonyl (C=O) groups is 2. The Labute approximate surface area is 179 Å². The maximum absolute atomic E-state index is 12.1. The van der Waals surface area contributed by atoms with Crippen LogP contribution in [0.2, 0.25) is 0 Å². The van der Waals surface area contributed by atoms with E-state index in [2.05, 4.69) is 31.2 Å². The van der Waals surface area contributed by atoms with Gasteiger partial charge in [0.05, 0.1) is 12.1 Å². The van der Waals surface area contributed by atoms with E-state index in [9.17, 15) is 9.59 Å². The second-order valence-corrected chi connectivity index (χ2v) is 8.60. The Hall–Kier alpha value is -2.84. The van der Waals surface area contributed by atoms with Gasteiger partial charge in [0.25, 0.3) is 0 Å². The molecular weight excluding hydrogens is 384 g/mol. The number of nitrogens with one attached hydrogen (secondary N) is 4. The second kappa shape index (κ2) is 11.4. The summed E-state index contributed by atoms with van der Waals surface area (Å²) in [4.78, 5) is 32.9. The summed E-state index contributed by atoms with van der Waals surface area (Å²) in [5, 5.41) is 11.8. The fourth-order valence-corrected chi connectivity index (χ4v) is 2.35. The molecule has 0 atom stereocenters. The molecule has 0 aliphatic carbocycles. The van der Waals surface area contributed by atoms with Crippen molar-refractivity contribution < 1.29 is 14.3 Å². The molecule has 0 spiro atoms. The predicted octanol–water partition coefficient (Wildman–Crippen LogP) is 2.58. The summed E-state index contributed by atoms with van der Waals surface area (Å²) >= 11 is 0. The molecule has 0 radical (unpaired) electrons. The zero-order chi connectivity index (χ0) is 22.8. The van der Waals surface area contributed by atoms with Crippen molar-refractivity contribution in [2.75, 3.05) is 25.0 Å². The van der Waals surface area contributed by atoms with Gasteiger partial charge in [-0.1, -0.05) is 6.07 Å². The molecule has 0 aliphatic heterocycles. The van der Waals surface area contributed by atoms with Crippen LogP contribution in [0.5, 0.6) is 0 Å². The van der Waals surface area contributed by atoms with Gasteiger partial charge < -0.3 is 26.0 Å². The number of amides is 2. The first-order chi connectivity index (χ1) is 13.9. The maximum Gasteiger partial charge on any atom is 0.408 e. The Morgan fingerprint density at radius 1 is 1.13 bits per heavy atom. The lowest BCUT2D eigenvalue weighted by atomic mass is 10.1. The van der Waals surface area contributed by atoms with Gasteiger partial charge in [-0.05, 0) is 60.6 Å². The van der Waals surface area contributed by atoms with Crippen LogP contribution in [0.25, 0.3) is 0 Å². The van der Waals surface area contributed by atoms with Crippen LogP contribution < -0.4 is 21.3 Å². The SMILES string of the molecule is CCNC(=NCC(C)(C)NC(=O)OC(C)(C)C)NCCC(=O)Nc1cccc(C)n1. The number of hydrogen-bond acceptors (Lipinski definition) is 5. The average Bonchev–Trinajstić information content (AvgIpc) is 2.57. The van der Waals surface area contributed by atoms with Gasteiger partial charge >= 0.3 is 6.09 Å². The Bertz CT molecular complexity index is 741. The van der Waals surface area contributed by atoms with Crippen LogP contribution in [0.15, 0.2) is 23.2 Å². The molecule has 9 heteroatoms. The number of ether oxygens (including phenoxy) is 1. The summed E-state index contributed by atoms with van der Waals surface area (Å²) < 4.78 is 5.30. The number of hydrogen-bond donors (Lipinski definition) is 4. The summed E-state index contributed by atoms with van der Waals surface area (Å²) in [6.07, 6.45) is -0.221. The van der Waals surface area contributed by atoms with Crippen LogP contribution in [-0.2, 0) is 9.53 Å². The highest BCUT2D eigenvalue weighted by Crippen LogP contribution is 2.10. The van der Waals surface area contributed by atoms with Crippen LogP contribution in [0.3, 0.4) is 0 Å². The standard InChI is InChI=1S/C21H36N6O3/c1-8-22-18(24-14-21(6,7)27-19(29)30-20(3,4)5)23-13-12-17(28)26-16-11-9-10-15(2)25-16/h9-11H,8,12-14H2,1-7H3,(H,27,29)(H2,22,23,24)(H,25,26,28). The number of guanidine groups is 1. The van der Waals surface area contributed by atoms with Gasteiger partial charge in [0, 0.05) is 25.2 Å². The van der Waals surface area contributed by atoms with Crippen LogP contribution in [0.4, 0.5) is 10.6 Å². The van der Waals surface area contributed by atoms with Crippen LogP contribution in [0.1, 0.15) is 53.7 Å². The van der Waals surface area contributed by atoms with Crippen molar-refractivity contribution in [2.24, 2.45) is 4.99 Å². The number of aryl methyl sites for hydroxylation is 1. The molecular formula is C21H36N6O3. The Balaban J connectivity index is 2.52. The fourth-order valence-electron chi connectivity index (χ4n) is 2.35.